The fraction of sp³-hybridized carbons (Fsp3) is 0.0769. The Morgan fingerprint density at radius 1 is 0.938 bits per heavy atom. The van der Waals surface area contributed by atoms with Crippen LogP contribution in [0.4, 0.5) is 0 Å². The lowest BCUT2D eigenvalue weighted by molar-refractivity contribution is 0.415. The molecular formula is C13H13O2P. The van der Waals surface area contributed by atoms with Gasteiger partial charge in [-0.25, -0.2) is 0 Å². The lowest BCUT2D eigenvalue weighted by Crippen LogP contribution is -2.10. The van der Waals surface area contributed by atoms with Crippen LogP contribution in [0.5, 0.6) is 5.75 Å². The van der Waals surface area contributed by atoms with Crippen molar-refractivity contribution in [2.45, 2.75) is 0 Å². The Balaban J connectivity index is 2.30. The van der Waals surface area contributed by atoms with Gasteiger partial charge in [-0.3, -0.25) is 0 Å². The van der Waals surface area contributed by atoms with E-state index in [0.29, 0.717) is 0 Å². The van der Waals surface area contributed by atoms with E-state index in [1.165, 1.54) is 0 Å². The van der Waals surface area contributed by atoms with Crippen molar-refractivity contribution in [1.29, 1.82) is 0 Å². The van der Waals surface area contributed by atoms with Gasteiger partial charge in [-0.2, -0.15) is 0 Å². The Kier molecular flexibility index (Phi) is 3.55. The summed E-state index contributed by atoms with van der Waals surface area (Å²) in [5, 5.41) is 1.85. The third kappa shape index (κ3) is 2.41. The molecule has 1 N–H and O–H groups in total. The van der Waals surface area contributed by atoms with Gasteiger partial charge in [0.15, 0.2) is 0 Å². The van der Waals surface area contributed by atoms with Gasteiger partial charge in [-0.05, 0) is 12.1 Å². The fourth-order valence-electron chi connectivity index (χ4n) is 1.46. The fourth-order valence-corrected chi connectivity index (χ4v) is 2.69. The normalized spacial score (nSPS) is 12.1. The molecule has 0 aliphatic rings. The smallest absolute Gasteiger partial charge is 0.119 e. The average molecular weight is 232 g/mol. The minimum atomic E-state index is -1.27. The first kappa shape index (κ1) is 11.1. The zero-order chi connectivity index (χ0) is 11.4. The topological polar surface area (TPSA) is 29.5 Å². The van der Waals surface area contributed by atoms with E-state index in [0.717, 1.165) is 16.4 Å². The highest BCUT2D eigenvalue weighted by Gasteiger charge is 2.10. The summed E-state index contributed by atoms with van der Waals surface area (Å²) in [5.74, 6) is 0.773. The van der Waals surface area contributed by atoms with Crippen molar-refractivity contribution in [1.82, 2.24) is 0 Å². The summed E-state index contributed by atoms with van der Waals surface area (Å²) in [5.41, 5.74) is 0. The van der Waals surface area contributed by atoms with Gasteiger partial charge in [0.2, 0.25) is 0 Å². The third-order valence-electron chi connectivity index (χ3n) is 2.30. The Bertz CT molecular complexity index is 456. The van der Waals surface area contributed by atoms with Gasteiger partial charge < -0.3 is 9.63 Å². The molecule has 2 nitrogen and oxygen atoms in total. The SMILES string of the molecule is COc1cccc(P(O)c2ccccc2)c1. The van der Waals surface area contributed by atoms with Gasteiger partial charge in [0.25, 0.3) is 0 Å². The van der Waals surface area contributed by atoms with Crippen LogP contribution >= 0.6 is 8.15 Å². The van der Waals surface area contributed by atoms with Crippen molar-refractivity contribution < 1.29 is 9.63 Å². The summed E-state index contributed by atoms with van der Waals surface area (Å²) in [6.45, 7) is 0. The van der Waals surface area contributed by atoms with E-state index in [2.05, 4.69) is 0 Å². The van der Waals surface area contributed by atoms with Gasteiger partial charge in [-0.15, -0.1) is 0 Å². The number of rotatable bonds is 3. The van der Waals surface area contributed by atoms with E-state index in [9.17, 15) is 4.89 Å². The van der Waals surface area contributed by atoms with Crippen molar-refractivity contribution in [2.75, 3.05) is 7.11 Å². The molecule has 0 aromatic heterocycles. The Labute approximate surface area is 96.3 Å². The molecule has 2 aromatic carbocycles. The lowest BCUT2D eigenvalue weighted by atomic mass is 10.3. The second-order valence-electron chi connectivity index (χ2n) is 3.35. The molecule has 3 heteroatoms. The molecule has 16 heavy (non-hydrogen) atoms. The molecule has 0 spiro atoms. The van der Waals surface area contributed by atoms with Crippen LogP contribution < -0.4 is 15.3 Å². The second-order valence-corrected chi connectivity index (χ2v) is 5.01. The maximum Gasteiger partial charge on any atom is 0.119 e. The largest absolute Gasteiger partial charge is 0.497 e. The summed E-state index contributed by atoms with van der Waals surface area (Å²) in [7, 11) is 0.354. The standard InChI is InChI=1S/C13H13O2P/c1-15-11-6-5-9-13(10-11)16(14)12-7-3-2-4-8-12/h2-10,14H,1H3. The van der Waals surface area contributed by atoms with Crippen molar-refractivity contribution >= 4 is 18.8 Å². The molecule has 0 saturated carbocycles. The van der Waals surface area contributed by atoms with Crippen molar-refractivity contribution in [2.24, 2.45) is 0 Å². The van der Waals surface area contributed by atoms with Crippen LogP contribution in [0.2, 0.25) is 0 Å². The van der Waals surface area contributed by atoms with Gasteiger partial charge >= 0.3 is 0 Å². The van der Waals surface area contributed by atoms with E-state index in [1.54, 1.807) is 7.11 Å². The Hall–Kier alpha value is -1.37. The van der Waals surface area contributed by atoms with Gasteiger partial charge in [-0.1, -0.05) is 42.5 Å². The number of benzene rings is 2. The summed E-state index contributed by atoms with van der Waals surface area (Å²) in [4.78, 5) is 10.2. The maximum atomic E-state index is 10.2. The summed E-state index contributed by atoms with van der Waals surface area (Å²) in [6, 6.07) is 17.2. The average Bonchev–Trinajstić information content (AvgIpc) is 2.39. The Morgan fingerprint density at radius 3 is 2.31 bits per heavy atom. The van der Waals surface area contributed by atoms with Crippen LogP contribution in [0.15, 0.2) is 54.6 Å². The van der Waals surface area contributed by atoms with Crippen molar-refractivity contribution in [3.05, 3.63) is 54.6 Å². The molecule has 0 amide bonds. The zero-order valence-electron chi connectivity index (χ0n) is 9.00. The molecule has 0 saturated heterocycles. The highest BCUT2D eigenvalue weighted by Crippen LogP contribution is 2.28. The van der Waals surface area contributed by atoms with E-state index in [1.807, 2.05) is 54.6 Å². The predicted molar refractivity (Wildman–Crippen MR) is 67.8 cm³/mol. The van der Waals surface area contributed by atoms with Crippen LogP contribution in [0.3, 0.4) is 0 Å². The highest BCUT2D eigenvalue weighted by molar-refractivity contribution is 7.67. The molecule has 0 heterocycles. The maximum absolute atomic E-state index is 10.2. The first-order valence-corrected chi connectivity index (χ1v) is 6.29. The quantitative estimate of drug-likeness (QED) is 0.820. The summed E-state index contributed by atoms with van der Waals surface area (Å²) in [6.07, 6.45) is 0. The summed E-state index contributed by atoms with van der Waals surface area (Å²) >= 11 is 0. The Morgan fingerprint density at radius 2 is 1.62 bits per heavy atom. The molecule has 1 unspecified atom stereocenters. The lowest BCUT2D eigenvalue weighted by Gasteiger charge is -2.11. The molecule has 1 atom stereocenters. The minimum absolute atomic E-state index is 0.773. The predicted octanol–water partition coefficient (Wildman–Crippen LogP) is 2.04. The van der Waals surface area contributed by atoms with E-state index in [-0.39, 0.29) is 0 Å². The van der Waals surface area contributed by atoms with Crippen LogP contribution in [0.1, 0.15) is 0 Å². The monoisotopic (exact) mass is 232 g/mol. The second kappa shape index (κ2) is 5.11. The van der Waals surface area contributed by atoms with Crippen LogP contribution in [0.25, 0.3) is 0 Å². The molecule has 2 aromatic rings. The molecule has 0 aliphatic heterocycles. The molecule has 0 bridgehead atoms. The minimum Gasteiger partial charge on any atom is -0.497 e. The van der Waals surface area contributed by atoms with Crippen molar-refractivity contribution in [3.63, 3.8) is 0 Å². The van der Waals surface area contributed by atoms with Gasteiger partial charge in [0.1, 0.15) is 5.75 Å². The van der Waals surface area contributed by atoms with E-state index in [4.69, 9.17) is 4.74 Å². The first-order valence-electron chi connectivity index (χ1n) is 4.99. The van der Waals surface area contributed by atoms with Gasteiger partial charge in [0, 0.05) is 10.6 Å². The number of ether oxygens (including phenoxy) is 1. The molecule has 2 rings (SSSR count). The van der Waals surface area contributed by atoms with Crippen LogP contribution in [-0.2, 0) is 0 Å². The van der Waals surface area contributed by atoms with Crippen molar-refractivity contribution in [3.8, 4) is 5.75 Å². The molecule has 0 radical (unpaired) electrons. The third-order valence-corrected chi connectivity index (χ3v) is 3.85. The van der Waals surface area contributed by atoms with E-state index < -0.39 is 8.15 Å². The molecule has 82 valence electrons. The van der Waals surface area contributed by atoms with Gasteiger partial charge in [0.05, 0.1) is 15.3 Å². The molecule has 0 aliphatic carbocycles. The number of methoxy groups -OCH3 is 1. The summed E-state index contributed by atoms with van der Waals surface area (Å²) < 4.78 is 5.14. The van der Waals surface area contributed by atoms with E-state index >= 15 is 0 Å². The number of hydrogen-bond donors (Lipinski definition) is 1. The molecule has 0 fully saturated rings. The molecular weight excluding hydrogens is 219 g/mol. The first-order chi connectivity index (χ1) is 7.81. The number of hydrogen-bond acceptors (Lipinski definition) is 2. The van der Waals surface area contributed by atoms with Crippen LogP contribution in [0, 0.1) is 0 Å². The zero-order valence-corrected chi connectivity index (χ0v) is 9.89. The highest BCUT2D eigenvalue weighted by atomic mass is 31.1. The van der Waals surface area contributed by atoms with Crippen LogP contribution in [-0.4, -0.2) is 12.0 Å².